The molecule has 4 aromatic rings. The van der Waals surface area contributed by atoms with Gasteiger partial charge in [0.25, 0.3) is 11.8 Å². The molecular weight excluding hydrogens is 466 g/mol. The number of hydrazone groups is 1. The molecule has 0 unspecified atom stereocenters. The van der Waals surface area contributed by atoms with E-state index in [1.807, 2.05) is 60.7 Å². The summed E-state index contributed by atoms with van der Waals surface area (Å²) in [5, 5.41) is 6.90. The van der Waals surface area contributed by atoms with Gasteiger partial charge in [0.05, 0.1) is 19.2 Å². The number of carbonyl (C=O) groups is 2. The molecule has 0 saturated carbocycles. The molecule has 0 aliphatic heterocycles. The monoisotopic (exact) mass is 493 g/mol. The maximum absolute atomic E-state index is 13.0. The summed E-state index contributed by atoms with van der Waals surface area (Å²) in [6.07, 6.45) is 1.56. The molecular formula is C30H27N3O4. The summed E-state index contributed by atoms with van der Waals surface area (Å²) in [7, 11) is 1.59. The van der Waals surface area contributed by atoms with Gasteiger partial charge in [0.15, 0.2) is 6.61 Å². The Bertz CT molecular complexity index is 1280. The molecule has 0 bridgehead atoms. The van der Waals surface area contributed by atoms with Crippen molar-refractivity contribution in [1.29, 1.82) is 0 Å². The second-order valence-electron chi connectivity index (χ2n) is 8.12. The molecule has 0 atom stereocenters. The lowest BCUT2D eigenvalue weighted by Gasteiger charge is -2.16. The molecule has 4 rings (SSSR count). The van der Waals surface area contributed by atoms with E-state index in [1.165, 1.54) is 0 Å². The van der Waals surface area contributed by atoms with Gasteiger partial charge in [0.1, 0.15) is 11.5 Å². The van der Waals surface area contributed by atoms with Gasteiger partial charge in [-0.25, -0.2) is 5.43 Å². The van der Waals surface area contributed by atoms with Gasteiger partial charge in [-0.3, -0.25) is 9.59 Å². The van der Waals surface area contributed by atoms with Gasteiger partial charge >= 0.3 is 0 Å². The third-order valence-corrected chi connectivity index (χ3v) is 5.54. The molecule has 0 aromatic heterocycles. The van der Waals surface area contributed by atoms with Gasteiger partial charge in [0, 0.05) is 5.69 Å². The molecule has 2 amide bonds. The van der Waals surface area contributed by atoms with Gasteiger partial charge < -0.3 is 14.8 Å². The SMILES string of the molecule is COc1ccc(NC(=O)COc2ccc(/C=N/NC(=O)C(c3ccccc3)c3ccccc3)cc2)cc1. The van der Waals surface area contributed by atoms with E-state index in [2.05, 4.69) is 15.8 Å². The smallest absolute Gasteiger partial charge is 0.262 e. The summed E-state index contributed by atoms with van der Waals surface area (Å²) >= 11 is 0. The number of ether oxygens (including phenoxy) is 2. The maximum Gasteiger partial charge on any atom is 0.262 e. The Morgan fingerprint density at radius 2 is 1.35 bits per heavy atom. The fourth-order valence-corrected chi connectivity index (χ4v) is 3.69. The topological polar surface area (TPSA) is 89.0 Å². The van der Waals surface area contributed by atoms with Crippen molar-refractivity contribution in [2.24, 2.45) is 5.10 Å². The van der Waals surface area contributed by atoms with Crippen LogP contribution in [0.15, 0.2) is 114 Å². The van der Waals surface area contributed by atoms with Crippen LogP contribution in [0.2, 0.25) is 0 Å². The molecule has 0 fully saturated rings. The zero-order valence-electron chi connectivity index (χ0n) is 20.3. The van der Waals surface area contributed by atoms with E-state index >= 15 is 0 Å². The first-order valence-electron chi connectivity index (χ1n) is 11.7. The normalized spacial score (nSPS) is 10.8. The second kappa shape index (κ2) is 12.7. The fraction of sp³-hybridized carbons (Fsp3) is 0.100. The highest BCUT2D eigenvalue weighted by Gasteiger charge is 2.22. The minimum Gasteiger partial charge on any atom is -0.497 e. The fourth-order valence-electron chi connectivity index (χ4n) is 3.69. The lowest BCUT2D eigenvalue weighted by Crippen LogP contribution is -2.26. The second-order valence-corrected chi connectivity index (χ2v) is 8.12. The van der Waals surface area contributed by atoms with Gasteiger partial charge in [-0.15, -0.1) is 0 Å². The van der Waals surface area contributed by atoms with Crippen molar-refractivity contribution in [2.45, 2.75) is 5.92 Å². The van der Waals surface area contributed by atoms with Crippen molar-refractivity contribution in [1.82, 2.24) is 5.43 Å². The Labute approximate surface area is 215 Å². The lowest BCUT2D eigenvalue weighted by molar-refractivity contribution is -0.121. The highest BCUT2D eigenvalue weighted by atomic mass is 16.5. The number of benzene rings is 4. The Morgan fingerprint density at radius 3 is 1.92 bits per heavy atom. The Morgan fingerprint density at radius 1 is 0.784 bits per heavy atom. The average Bonchev–Trinajstić information content (AvgIpc) is 2.94. The van der Waals surface area contributed by atoms with E-state index in [0.717, 1.165) is 16.7 Å². The van der Waals surface area contributed by atoms with Crippen molar-refractivity contribution < 1.29 is 19.1 Å². The summed E-state index contributed by atoms with van der Waals surface area (Å²) < 4.78 is 10.7. The zero-order valence-corrected chi connectivity index (χ0v) is 20.3. The predicted molar refractivity (Wildman–Crippen MR) is 144 cm³/mol. The first kappa shape index (κ1) is 25.2. The molecule has 0 aliphatic carbocycles. The predicted octanol–water partition coefficient (Wildman–Crippen LogP) is 4.99. The highest BCUT2D eigenvalue weighted by molar-refractivity contribution is 5.92. The number of hydrogen-bond donors (Lipinski definition) is 2. The van der Waals surface area contributed by atoms with Crippen LogP contribution >= 0.6 is 0 Å². The summed E-state index contributed by atoms with van der Waals surface area (Å²) in [6.45, 7) is -0.129. The summed E-state index contributed by atoms with van der Waals surface area (Å²) in [6, 6.07) is 33.3. The van der Waals surface area contributed by atoms with Crippen LogP contribution in [0.1, 0.15) is 22.6 Å². The first-order valence-corrected chi connectivity index (χ1v) is 11.7. The number of hydrogen-bond acceptors (Lipinski definition) is 5. The van der Waals surface area contributed by atoms with Gasteiger partial charge in [-0.05, 0) is 65.2 Å². The zero-order chi connectivity index (χ0) is 25.9. The summed E-state index contributed by atoms with van der Waals surface area (Å²) in [5.41, 5.74) is 5.85. The molecule has 2 N–H and O–H groups in total. The Kier molecular flexibility index (Phi) is 8.64. The number of carbonyl (C=O) groups excluding carboxylic acids is 2. The van der Waals surface area contributed by atoms with Crippen molar-refractivity contribution in [3.05, 3.63) is 126 Å². The van der Waals surface area contributed by atoms with Crippen LogP contribution in [-0.4, -0.2) is 31.7 Å². The molecule has 0 spiro atoms. The average molecular weight is 494 g/mol. The molecule has 7 nitrogen and oxygen atoms in total. The quantitative estimate of drug-likeness (QED) is 0.241. The van der Waals surface area contributed by atoms with Crippen LogP contribution in [0.4, 0.5) is 5.69 Å². The van der Waals surface area contributed by atoms with Gasteiger partial charge in [-0.2, -0.15) is 5.10 Å². The summed E-state index contributed by atoms with van der Waals surface area (Å²) in [4.78, 5) is 25.2. The Balaban J connectivity index is 1.30. The molecule has 0 radical (unpaired) electrons. The van der Waals surface area contributed by atoms with Crippen molar-refractivity contribution in [3.8, 4) is 11.5 Å². The van der Waals surface area contributed by atoms with Crippen molar-refractivity contribution in [2.75, 3.05) is 19.0 Å². The van der Waals surface area contributed by atoms with E-state index in [1.54, 1.807) is 61.9 Å². The van der Waals surface area contributed by atoms with Crippen LogP contribution < -0.4 is 20.2 Å². The Hall–Kier alpha value is -4.91. The minimum atomic E-state index is -0.473. The van der Waals surface area contributed by atoms with E-state index in [9.17, 15) is 9.59 Å². The van der Waals surface area contributed by atoms with Crippen LogP contribution in [-0.2, 0) is 9.59 Å². The number of nitrogens with zero attached hydrogens (tertiary/aromatic N) is 1. The molecule has 0 aliphatic rings. The van der Waals surface area contributed by atoms with Crippen LogP contribution in [0.3, 0.4) is 0 Å². The van der Waals surface area contributed by atoms with Crippen LogP contribution in [0.5, 0.6) is 11.5 Å². The number of methoxy groups -OCH3 is 1. The standard InChI is InChI=1S/C30H27N3O4/c1-36-26-18-14-25(15-19-26)32-28(34)21-37-27-16-12-22(13-17-27)20-31-33-30(35)29(23-8-4-2-5-9-23)24-10-6-3-7-11-24/h2-20,29H,21H2,1H3,(H,32,34)(H,33,35)/b31-20+. The van der Waals surface area contributed by atoms with Crippen LogP contribution in [0.25, 0.3) is 0 Å². The number of nitrogens with one attached hydrogen (secondary N) is 2. The molecule has 7 heteroatoms. The highest BCUT2D eigenvalue weighted by Crippen LogP contribution is 2.24. The van der Waals surface area contributed by atoms with E-state index < -0.39 is 5.92 Å². The van der Waals surface area contributed by atoms with E-state index in [4.69, 9.17) is 9.47 Å². The molecule has 37 heavy (non-hydrogen) atoms. The molecule has 0 heterocycles. The number of amides is 2. The largest absolute Gasteiger partial charge is 0.497 e. The van der Waals surface area contributed by atoms with Crippen LogP contribution in [0, 0.1) is 0 Å². The number of rotatable bonds is 10. The maximum atomic E-state index is 13.0. The van der Waals surface area contributed by atoms with Gasteiger partial charge in [-0.1, -0.05) is 60.7 Å². The molecule has 4 aromatic carbocycles. The molecule has 0 saturated heterocycles. The molecule has 186 valence electrons. The first-order chi connectivity index (χ1) is 18.1. The lowest BCUT2D eigenvalue weighted by atomic mass is 9.91. The third kappa shape index (κ3) is 7.29. The van der Waals surface area contributed by atoms with E-state index in [-0.39, 0.29) is 18.4 Å². The number of anilines is 1. The van der Waals surface area contributed by atoms with Gasteiger partial charge in [0.2, 0.25) is 0 Å². The van der Waals surface area contributed by atoms with E-state index in [0.29, 0.717) is 17.2 Å². The minimum absolute atomic E-state index is 0.129. The summed E-state index contributed by atoms with van der Waals surface area (Å²) in [5.74, 6) is 0.282. The van der Waals surface area contributed by atoms with Crippen molar-refractivity contribution >= 4 is 23.7 Å². The van der Waals surface area contributed by atoms with Crippen molar-refractivity contribution in [3.63, 3.8) is 0 Å². The third-order valence-electron chi connectivity index (χ3n) is 5.54.